The van der Waals surface area contributed by atoms with Crippen molar-refractivity contribution >= 4 is 32.7 Å². The van der Waals surface area contributed by atoms with Crippen LogP contribution in [-0.4, -0.2) is 68.0 Å². The van der Waals surface area contributed by atoms with Crippen molar-refractivity contribution in [3.05, 3.63) is 18.5 Å². The zero-order valence-corrected chi connectivity index (χ0v) is 11.7. The molecule has 0 bridgehead atoms. The second-order valence-electron chi connectivity index (χ2n) is 3.57. The summed E-state index contributed by atoms with van der Waals surface area (Å²) in [5.41, 5.74) is 0.823. The van der Waals surface area contributed by atoms with Crippen LogP contribution in [0.1, 0.15) is 0 Å². The van der Waals surface area contributed by atoms with Gasteiger partial charge >= 0.3 is 107 Å². The average Bonchev–Trinajstić information content (AvgIpc) is 2.71. The fourth-order valence-corrected chi connectivity index (χ4v) is 2.27. The first-order chi connectivity index (χ1) is 8.27. The third-order valence-electron chi connectivity index (χ3n) is 2.47. The number of aromatic nitrogens is 3. The van der Waals surface area contributed by atoms with Gasteiger partial charge in [0.25, 0.3) is 0 Å². The van der Waals surface area contributed by atoms with Gasteiger partial charge in [-0.1, -0.05) is 0 Å². The summed E-state index contributed by atoms with van der Waals surface area (Å²) in [6.45, 7) is 0.995. The molecule has 0 radical (unpaired) electrons. The van der Waals surface area contributed by atoms with Crippen molar-refractivity contribution in [3.63, 3.8) is 0 Å². The van der Waals surface area contributed by atoms with Gasteiger partial charge in [-0.25, -0.2) is 0 Å². The van der Waals surface area contributed by atoms with Crippen molar-refractivity contribution in [1.82, 2.24) is 14.6 Å². The number of hydrogen-bond acceptors (Lipinski definition) is 5. The molecule has 2 aromatic heterocycles. The van der Waals surface area contributed by atoms with Crippen LogP contribution in [0.4, 0.5) is 5.82 Å². The Morgan fingerprint density at radius 2 is 2.00 bits per heavy atom. The van der Waals surface area contributed by atoms with Gasteiger partial charge in [-0.2, -0.15) is 0 Å². The van der Waals surface area contributed by atoms with E-state index in [1.165, 1.54) is 16.9 Å². The summed E-state index contributed by atoms with van der Waals surface area (Å²) < 4.78 is 2.80. The van der Waals surface area contributed by atoms with Crippen LogP contribution in [0.15, 0.2) is 18.5 Å². The molecule has 2 N–H and O–H groups in total. The van der Waals surface area contributed by atoms with Crippen LogP contribution >= 0.6 is 0 Å². The van der Waals surface area contributed by atoms with Crippen LogP contribution in [0.25, 0.3) is 5.65 Å². The minimum atomic E-state index is 0.0357. The van der Waals surface area contributed by atoms with E-state index in [1.54, 1.807) is 16.9 Å². The molecule has 0 fully saturated rings. The van der Waals surface area contributed by atoms with Gasteiger partial charge in [0.05, 0.1) is 0 Å². The Balaban J connectivity index is 2.44. The van der Waals surface area contributed by atoms with Gasteiger partial charge < -0.3 is 0 Å². The molecule has 17 heavy (non-hydrogen) atoms. The van der Waals surface area contributed by atoms with Crippen molar-refractivity contribution in [2.45, 2.75) is 0 Å². The molecule has 0 aromatic carbocycles. The number of hydrogen-bond donors (Lipinski definition) is 2. The van der Waals surface area contributed by atoms with Crippen molar-refractivity contribution in [1.29, 1.82) is 0 Å². The van der Waals surface area contributed by atoms with Crippen molar-refractivity contribution in [2.75, 3.05) is 31.2 Å². The van der Waals surface area contributed by atoms with E-state index in [4.69, 9.17) is 10.2 Å². The maximum atomic E-state index is 9.04. The normalized spacial score (nSPS) is 11.0. The molecule has 0 aliphatic carbocycles. The average molecular weight is 298 g/mol. The standard InChI is InChI=1S/C10H15AsN4O2/c11-8-7-13-15-9(1-2-12-10(8)15)14(3-5-16)4-6-17/h1-2,7,16-17H,3-6,11H2. The Hall–Kier alpha value is -1.10. The van der Waals surface area contributed by atoms with Crippen molar-refractivity contribution < 1.29 is 10.2 Å². The Morgan fingerprint density at radius 1 is 1.29 bits per heavy atom. The molecule has 0 saturated heterocycles. The number of aliphatic hydroxyl groups excluding tert-OH is 2. The van der Waals surface area contributed by atoms with E-state index < -0.39 is 0 Å². The predicted molar refractivity (Wildman–Crippen MR) is 67.5 cm³/mol. The van der Waals surface area contributed by atoms with Gasteiger partial charge in [-0.3, -0.25) is 0 Å². The Bertz CT molecular complexity index is 496. The van der Waals surface area contributed by atoms with Gasteiger partial charge in [0, 0.05) is 0 Å². The second-order valence-corrected chi connectivity index (χ2v) is 4.88. The molecule has 92 valence electrons. The van der Waals surface area contributed by atoms with Crippen molar-refractivity contribution in [3.8, 4) is 0 Å². The summed E-state index contributed by atoms with van der Waals surface area (Å²) in [5.74, 6) is 0.835. The van der Waals surface area contributed by atoms with E-state index in [0.29, 0.717) is 13.1 Å². The first kappa shape index (κ1) is 12.4. The molecular formula is C10H15AsN4O2. The Labute approximate surface area is 107 Å². The SMILES string of the molecule is OCCN(CCO)c1ccnc2c([AsH2])cnn12. The summed E-state index contributed by atoms with van der Waals surface area (Å²) in [7, 11) is 0. The maximum absolute atomic E-state index is 9.04. The van der Waals surface area contributed by atoms with Crippen LogP contribution in [0.2, 0.25) is 0 Å². The quantitative estimate of drug-likeness (QED) is 0.612. The molecule has 0 aliphatic rings. The van der Waals surface area contributed by atoms with Gasteiger partial charge in [0.1, 0.15) is 0 Å². The third-order valence-corrected chi connectivity index (χ3v) is 3.33. The van der Waals surface area contributed by atoms with Crippen LogP contribution in [0.3, 0.4) is 0 Å². The molecule has 0 aliphatic heterocycles. The van der Waals surface area contributed by atoms with Crippen LogP contribution in [0, 0.1) is 0 Å². The summed E-state index contributed by atoms with van der Waals surface area (Å²) in [6, 6.07) is 1.83. The van der Waals surface area contributed by atoms with Crippen LogP contribution < -0.4 is 9.25 Å². The van der Waals surface area contributed by atoms with Gasteiger partial charge in [-0.05, 0) is 0 Å². The molecule has 7 heteroatoms. The zero-order valence-electron chi connectivity index (χ0n) is 9.32. The van der Waals surface area contributed by atoms with E-state index in [0.717, 1.165) is 15.8 Å². The van der Waals surface area contributed by atoms with Crippen LogP contribution in [-0.2, 0) is 0 Å². The molecule has 6 nitrogen and oxygen atoms in total. The second kappa shape index (κ2) is 5.49. The van der Waals surface area contributed by atoms with Gasteiger partial charge in [0.15, 0.2) is 0 Å². The first-order valence-corrected chi connectivity index (χ1v) is 6.54. The molecule has 0 amide bonds. The zero-order chi connectivity index (χ0) is 12.3. The Kier molecular flexibility index (Phi) is 3.99. The third kappa shape index (κ3) is 2.44. The molecule has 1 atom stereocenters. The van der Waals surface area contributed by atoms with Gasteiger partial charge in [0.2, 0.25) is 0 Å². The molecule has 1 unspecified atom stereocenters. The fraction of sp³-hybridized carbons (Fsp3) is 0.400. The molecule has 2 rings (SSSR count). The monoisotopic (exact) mass is 298 g/mol. The van der Waals surface area contributed by atoms with E-state index >= 15 is 0 Å². The molecule has 2 aromatic rings. The molecular weight excluding hydrogens is 283 g/mol. The topological polar surface area (TPSA) is 73.9 Å². The van der Waals surface area contributed by atoms with Crippen molar-refractivity contribution in [2.24, 2.45) is 0 Å². The minimum absolute atomic E-state index is 0.0357. The first-order valence-electron chi connectivity index (χ1n) is 5.33. The summed E-state index contributed by atoms with van der Waals surface area (Å²) in [5, 5.41) is 22.3. The van der Waals surface area contributed by atoms with E-state index in [1.807, 2.05) is 11.0 Å². The number of anilines is 1. The number of aliphatic hydroxyl groups is 2. The summed E-state index contributed by atoms with van der Waals surface area (Å²) in [4.78, 5) is 6.15. The number of rotatable bonds is 5. The van der Waals surface area contributed by atoms with Crippen LogP contribution in [0.5, 0.6) is 0 Å². The van der Waals surface area contributed by atoms with E-state index in [9.17, 15) is 0 Å². The van der Waals surface area contributed by atoms with Gasteiger partial charge in [-0.15, -0.1) is 0 Å². The fourth-order valence-electron chi connectivity index (χ4n) is 1.72. The van der Waals surface area contributed by atoms with E-state index in [-0.39, 0.29) is 13.2 Å². The molecule has 0 saturated carbocycles. The van der Waals surface area contributed by atoms with E-state index in [2.05, 4.69) is 10.1 Å². The number of fused-ring (bicyclic) bond motifs is 1. The number of nitrogens with zero attached hydrogens (tertiary/aromatic N) is 4. The summed E-state index contributed by atoms with van der Waals surface area (Å²) >= 11 is 1.47. The molecule has 0 spiro atoms. The summed E-state index contributed by atoms with van der Waals surface area (Å²) in [6.07, 6.45) is 3.50. The predicted octanol–water partition coefficient (Wildman–Crippen LogP) is -2.22. The molecule has 2 heterocycles. The Morgan fingerprint density at radius 3 is 2.65 bits per heavy atom.